The molecule has 0 saturated carbocycles. The number of amides is 1. The van der Waals surface area contributed by atoms with Crippen molar-refractivity contribution in [3.05, 3.63) is 47.0 Å². The molecule has 0 aromatic heterocycles. The number of likely N-dealkylation sites (N-methyl/N-ethyl adjacent to an activating group) is 1. The first-order valence-corrected chi connectivity index (χ1v) is 7.54. The maximum atomic E-state index is 13.2. The van der Waals surface area contributed by atoms with Crippen molar-refractivity contribution in [3.63, 3.8) is 0 Å². The highest BCUT2D eigenvalue weighted by Crippen LogP contribution is 2.37. The Morgan fingerprint density at radius 3 is 2.43 bits per heavy atom. The quantitative estimate of drug-likeness (QED) is 0.871. The van der Waals surface area contributed by atoms with Crippen LogP contribution in [0.15, 0.2) is 35.6 Å². The first-order valence-electron chi connectivity index (χ1n) is 7.54. The standard InChI is InChI=1S/C17H21FN2O3/c1-4-13(21)14-15(11-5-7-12(18)8-6-11)20(10-9-19(2)3)17(23)16(14)22/h5-8,15,22H,4,9-10H2,1-3H3. The van der Waals surface area contributed by atoms with E-state index in [1.54, 1.807) is 6.92 Å². The molecule has 0 saturated heterocycles. The van der Waals surface area contributed by atoms with E-state index in [1.807, 2.05) is 19.0 Å². The van der Waals surface area contributed by atoms with Crippen molar-refractivity contribution in [1.29, 1.82) is 0 Å². The molecule has 0 spiro atoms. The molecule has 1 aromatic rings. The van der Waals surface area contributed by atoms with Gasteiger partial charge in [0.15, 0.2) is 11.5 Å². The smallest absolute Gasteiger partial charge is 0.290 e. The second kappa shape index (κ2) is 6.91. The fourth-order valence-corrected chi connectivity index (χ4v) is 2.66. The fourth-order valence-electron chi connectivity index (χ4n) is 2.66. The molecule has 1 aliphatic rings. The topological polar surface area (TPSA) is 60.9 Å². The summed E-state index contributed by atoms with van der Waals surface area (Å²) >= 11 is 0. The van der Waals surface area contributed by atoms with Crippen molar-refractivity contribution in [2.45, 2.75) is 19.4 Å². The lowest BCUT2D eigenvalue weighted by molar-refractivity contribution is -0.129. The van der Waals surface area contributed by atoms with Crippen LogP contribution in [-0.4, -0.2) is 53.8 Å². The fraction of sp³-hybridized carbons (Fsp3) is 0.412. The minimum absolute atomic E-state index is 0.0999. The second-order valence-electron chi connectivity index (χ2n) is 5.79. The van der Waals surface area contributed by atoms with Crippen LogP contribution >= 0.6 is 0 Å². The van der Waals surface area contributed by atoms with Crippen LogP contribution in [0.25, 0.3) is 0 Å². The van der Waals surface area contributed by atoms with Crippen molar-refractivity contribution >= 4 is 11.7 Å². The van der Waals surface area contributed by atoms with Crippen LogP contribution in [-0.2, 0) is 9.59 Å². The molecule has 1 aliphatic heterocycles. The largest absolute Gasteiger partial charge is 0.503 e. The van der Waals surface area contributed by atoms with Crippen LogP contribution in [0.5, 0.6) is 0 Å². The van der Waals surface area contributed by atoms with Crippen LogP contribution in [0.1, 0.15) is 24.9 Å². The lowest BCUT2D eigenvalue weighted by atomic mass is 9.95. The predicted molar refractivity (Wildman–Crippen MR) is 84.4 cm³/mol. The van der Waals surface area contributed by atoms with Gasteiger partial charge in [-0.25, -0.2) is 4.39 Å². The van der Waals surface area contributed by atoms with Gasteiger partial charge in [0.2, 0.25) is 0 Å². The average molecular weight is 320 g/mol. The van der Waals surface area contributed by atoms with Crippen molar-refractivity contribution in [1.82, 2.24) is 9.80 Å². The van der Waals surface area contributed by atoms with E-state index >= 15 is 0 Å². The monoisotopic (exact) mass is 320 g/mol. The Balaban J connectivity index is 2.45. The molecule has 0 radical (unpaired) electrons. The maximum Gasteiger partial charge on any atom is 0.290 e. The molecule has 0 fully saturated rings. The highest BCUT2D eigenvalue weighted by atomic mass is 19.1. The summed E-state index contributed by atoms with van der Waals surface area (Å²) in [5.74, 6) is -1.73. The van der Waals surface area contributed by atoms with Crippen LogP contribution in [0, 0.1) is 5.82 Å². The summed E-state index contributed by atoms with van der Waals surface area (Å²) in [6, 6.07) is 4.98. The van der Waals surface area contributed by atoms with E-state index < -0.39 is 23.5 Å². The van der Waals surface area contributed by atoms with Crippen LogP contribution in [0.2, 0.25) is 0 Å². The number of aliphatic hydroxyl groups is 1. The molecule has 0 bridgehead atoms. The number of aliphatic hydroxyl groups excluding tert-OH is 1. The molecule has 2 rings (SSSR count). The Hall–Kier alpha value is -2.21. The lowest BCUT2D eigenvalue weighted by Gasteiger charge is -2.28. The van der Waals surface area contributed by atoms with E-state index in [2.05, 4.69) is 0 Å². The van der Waals surface area contributed by atoms with E-state index in [-0.39, 0.29) is 17.8 Å². The van der Waals surface area contributed by atoms with Crippen LogP contribution < -0.4 is 0 Å². The molecule has 1 unspecified atom stereocenters. The third-order valence-electron chi connectivity index (χ3n) is 3.90. The molecule has 0 aliphatic carbocycles. The lowest BCUT2D eigenvalue weighted by Crippen LogP contribution is -2.36. The number of ketones is 1. The van der Waals surface area contributed by atoms with Crippen LogP contribution in [0.3, 0.4) is 0 Å². The zero-order valence-corrected chi connectivity index (χ0v) is 13.5. The Morgan fingerprint density at radius 2 is 1.91 bits per heavy atom. The summed E-state index contributed by atoms with van der Waals surface area (Å²) in [7, 11) is 3.75. The van der Waals surface area contributed by atoms with Gasteiger partial charge in [0.05, 0.1) is 11.6 Å². The van der Waals surface area contributed by atoms with E-state index in [9.17, 15) is 19.1 Å². The molecule has 23 heavy (non-hydrogen) atoms. The third kappa shape index (κ3) is 3.42. The molecule has 6 heteroatoms. The van der Waals surface area contributed by atoms with Gasteiger partial charge in [-0.2, -0.15) is 0 Å². The Bertz CT molecular complexity index is 638. The number of halogens is 1. The number of Topliss-reactive ketones (excluding diaryl/α,β-unsaturated/α-hetero) is 1. The normalized spacial score (nSPS) is 18.2. The van der Waals surface area contributed by atoms with Crippen molar-refractivity contribution in [2.24, 2.45) is 0 Å². The number of carbonyl (C=O) groups is 2. The van der Waals surface area contributed by atoms with Gasteiger partial charge in [0.25, 0.3) is 5.91 Å². The summed E-state index contributed by atoms with van der Waals surface area (Å²) < 4.78 is 13.2. The average Bonchev–Trinajstić information content (AvgIpc) is 2.77. The second-order valence-corrected chi connectivity index (χ2v) is 5.79. The summed E-state index contributed by atoms with van der Waals surface area (Å²) in [5, 5.41) is 10.2. The molecule has 1 heterocycles. The van der Waals surface area contributed by atoms with E-state index in [4.69, 9.17) is 0 Å². The van der Waals surface area contributed by atoms with Gasteiger partial charge in [-0.05, 0) is 31.8 Å². The highest BCUT2D eigenvalue weighted by Gasteiger charge is 2.42. The summed E-state index contributed by atoms with van der Waals surface area (Å²) in [5.41, 5.74) is 0.710. The SMILES string of the molecule is CCC(=O)C1=C(O)C(=O)N(CCN(C)C)C1c1ccc(F)cc1. The van der Waals surface area contributed by atoms with Gasteiger partial charge in [-0.15, -0.1) is 0 Å². The van der Waals surface area contributed by atoms with E-state index in [1.165, 1.54) is 29.2 Å². The Morgan fingerprint density at radius 1 is 1.30 bits per heavy atom. The summed E-state index contributed by atoms with van der Waals surface area (Å²) in [6.45, 7) is 2.63. The minimum atomic E-state index is -0.671. The number of hydrogen-bond donors (Lipinski definition) is 1. The first kappa shape index (κ1) is 17.1. The van der Waals surface area contributed by atoms with Crippen molar-refractivity contribution in [3.8, 4) is 0 Å². The van der Waals surface area contributed by atoms with E-state index in [0.717, 1.165) is 0 Å². The number of nitrogens with zero attached hydrogens (tertiary/aromatic N) is 2. The van der Waals surface area contributed by atoms with Gasteiger partial charge >= 0.3 is 0 Å². The Labute approximate surface area is 135 Å². The summed E-state index contributed by atoms with van der Waals surface area (Å²) in [4.78, 5) is 28.0. The number of hydrogen-bond acceptors (Lipinski definition) is 4. The molecule has 5 nitrogen and oxygen atoms in total. The van der Waals surface area contributed by atoms with Gasteiger partial charge in [-0.3, -0.25) is 9.59 Å². The molecular formula is C17H21FN2O3. The molecule has 1 atom stereocenters. The van der Waals surface area contributed by atoms with Gasteiger partial charge < -0.3 is 14.9 Å². The summed E-state index contributed by atoms with van der Waals surface area (Å²) in [6.07, 6.45) is 0.186. The molecular weight excluding hydrogens is 299 g/mol. The Kier molecular flexibility index (Phi) is 5.15. The third-order valence-corrected chi connectivity index (χ3v) is 3.90. The zero-order chi connectivity index (χ0) is 17.1. The predicted octanol–water partition coefficient (Wildman–Crippen LogP) is 2.06. The molecule has 1 amide bonds. The van der Waals surface area contributed by atoms with Gasteiger partial charge in [0.1, 0.15) is 5.82 Å². The zero-order valence-electron chi connectivity index (χ0n) is 13.5. The van der Waals surface area contributed by atoms with Crippen molar-refractivity contribution in [2.75, 3.05) is 27.2 Å². The number of rotatable bonds is 6. The molecule has 1 N–H and O–H groups in total. The van der Waals surface area contributed by atoms with Crippen LogP contribution in [0.4, 0.5) is 4.39 Å². The minimum Gasteiger partial charge on any atom is -0.503 e. The maximum absolute atomic E-state index is 13.2. The molecule has 1 aromatic carbocycles. The van der Waals surface area contributed by atoms with Gasteiger partial charge in [0, 0.05) is 19.5 Å². The number of carbonyl (C=O) groups excluding carboxylic acids is 2. The molecule has 124 valence electrons. The van der Waals surface area contributed by atoms with E-state index in [0.29, 0.717) is 18.7 Å². The highest BCUT2D eigenvalue weighted by molar-refractivity contribution is 6.08. The number of benzene rings is 1. The first-order chi connectivity index (χ1) is 10.9. The van der Waals surface area contributed by atoms with Gasteiger partial charge in [-0.1, -0.05) is 19.1 Å². The van der Waals surface area contributed by atoms with Crippen molar-refractivity contribution < 1.29 is 19.1 Å².